The molecule has 0 saturated carbocycles. The topological polar surface area (TPSA) is 168 Å². The molecule has 1 aromatic heterocycles. The van der Waals surface area contributed by atoms with Crippen LogP contribution >= 0.6 is 0 Å². The summed E-state index contributed by atoms with van der Waals surface area (Å²) in [4.78, 5) is 51.6. The van der Waals surface area contributed by atoms with Crippen molar-refractivity contribution in [2.24, 2.45) is 0 Å². The molecule has 3 amide bonds. The quantitative estimate of drug-likeness (QED) is 0.0731. The third-order valence-electron chi connectivity index (χ3n) is 8.86. The highest BCUT2D eigenvalue weighted by molar-refractivity contribution is 6.12. The second kappa shape index (κ2) is 19.9. The van der Waals surface area contributed by atoms with Gasteiger partial charge in [-0.1, -0.05) is 62.4 Å². The Labute approximate surface area is 327 Å². The molecule has 4 rings (SSSR count). The molecule has 13 heteroatoms. The average Bonchev–Trinajstić information content (AvgIpc) is 3.49. The van der Waals surface area contributed by atoms with E-state index in [2.05, 4.69) is 16.0 Å². The van der Waals surface area contributed by atoms with E-state index in [9.17, 15) is 33.8 Å². The number of hydrogen-bond acceptors (Lipinski definition) is 8. The minimum Gasteiger partial charge on any atom is -0.467 e. The number of nitrogens with one attached hydrogen (secondary N) is 3. The van der Waals surface area contributed by atoms with Gasteiger partial charge in [0.25, 0.3) is 5.91 Å². The summed E-state index contributed by atoms with van der Waals surface area (Å²) < 4.78 is 26.2. The number of aliphatic hydroxyl groups excluding tert-OH is 2. The average molecular weight is 773 g/mol. The van der Waals surface area contributed by atoms with Crippen LogP contribution in [0.1, 0.15) is 82.3 Å². The Morgan fingerprint density at radius 3 is 2.05 bits per heavy atom. The molecule has 12 nitrogen and oxygen atoms in total. The van der Waals surface area contributed by atoms with Gasteiger partial charge < -0.3 is 40.2 Å². The second-order valence-corrected chi connectivity index (χ2v) is 14.9. The first-order valence-electron chi connectivity index (χ1n) is 18.7. The summed E-state index contributed by atoms with van der Waals surface area (Å²) in [7, 11) is 1.17. The van der Waals surface area contributed by atoms with E-state index in [-0.39, 0.29) is 44.2 Å². The largest absolute Gasteiger partial charge is 0.467 e. The fourth-order valence-electron chi connectivity index (χ4n) is 6.49. The minimum atomic E-state index is -1.26. The molecule has 0 aliphatic rings. The number of aliphatic hydroxyl groups is 2. The minimum absolute atomic E-state index is 0.00944. The predicted octanol–water partition coefficient (Wildman–Crippen LogP) is 6.80. The number of carbonyl (C=O) groups is 4. The molecule has 0 aliphatic heterocycles. The Bertz CT molecular complexity index is 1930. The van der Waals surface area contributed by atoms with E-state index >= 15 is 0 Å². The van der Waals surface area contributed by atoms with Crippen molar-refractivity contribution in [2.75, 3.05) is 19.0 Å². The van der Waals surface area contributed by atoms with Crippen molar-refractivity contribution in [3.8, 4) is 22.4 Å². The van der Waals surface area contributed by atoms with Gasteiger partial charge in [0.2, 0.25) is 5.91 Å². The molecule has 56 heavy (non-hydrogen) atoms. The van der Waals surface area contributed by atoms with Gasteiger partial charge in [-0.15, -0.1) is 0 Å². The summed E-state index contributed by atoms with van der Waals surface area (Å²) in [6, 6.07) is 23.5. The van der Waals surface area contributed by atoms with Gasteiger partial charge in [0.15, 0.2) is 0 Å². The number of carbonyl (C=O) groups excluding carboxylic acids is 4. The molecule has 3 aromatic carbocycles. The number of methoxy groups -OCH3 is 1. The highest BCUT2D eigenvalue weighted by Crippen LogP contribution is 2.42. The van der Waals surface area contributed by atoms with Gasteiger partial charge in [0, 0.05) is 30.0 Å². The number of anilines is 1. The van der Waals surface area contributed by atoms with Crippen molar-refractivity contribution in [2.45, 2.75) is 96.6 Å². The summed E-state index contributed by atoms with van der Waals surface area (Å²) in [6.07, 6.45) is -3.43. The van der Waals surface area contributed by atoms with Crippen LogP contribution in [-0.2, 0) is 25.6 Å². The number of para-hydroxylation sites is 1. The number of hydrogen-bond donors (Lipinski definition) is 5. The van der Waals surface area contributed by atoms with Crippen molar-refractivity contribution in [3.63, 3.8) is 0 Å². The third kappa shape index (κ3) is 12.2. The highest BCUT2D eigenvalue weighted by Gasteiger charge is 2.31. The standard InChI is InChI=1S/C43H53FN4O8/c1-27(2)38-37(40(52)46-31-15-11-8-12-16-31)36(28-13-9-7-10-14-28)39(29-17-19-30(44)20-18-29)48(38)24-22-32(49)25-33(50)26-35(51)47-34(41(53)55-6)21-23-45-42(54)56-43(3,4)5/h7-20,27,32-34,49-50H,21-26H2,1-6H3,(H,45,54)(H,46,52)(H,47,51)/t32-,33-,34?/m1/s1. The van der Waals surface area contributed by atoms with Crippen LogP contribution in [0.15, 0.2) is 84.9 Å². The number of amides is 3. The van der Waals surface area contributed by atoms with E-state index < -0.39 is 54.1 Å². The van der Waals surface area contributed by atoms with Gasteiger partial charge in [-0.3, -0.25) is 9.59 Å². The number of nitrogens with zero attached hydrogens (tertiary/aromatic N) is 1. The van der Waals surface area contributed by atoms with Crippen LogP contribution in [0, 0.1) is 5.82 Å². The Morgan fingerprint density at radius 2 is 1.46 bits per heavy atom. The molecular formula is C43H53FN4O8. The maximum Gasteiger partial charge on any atom is 0.407 e. The summed E-state index contributed by atoms with van der Waals surface area (Å²) in [5.41, 5.74) is 3.82. The number of esters is 1. The van der Waals surface area contributed by atoms with Crippen LogP contribution in [0.4, 0.5) is 14.9 Å². The molecule has 3 atom stereocenters. The van der Waals surface area contributed by atoms with E-state index in [1.165, 1.54) is 19.2 Å². The van der Waals surface area contributed by atoms with Crippen LogP contribution in [-0.4, -0.2) is 76.2 Å². The van der Waals surface area contributed by atoms with Crippen molar-refractivity contribution in [1.82, 2.24) is 15.2 Å². The van der Waals surface area contributed by atoms with Gasteiger partial charge >= 0.3 is 12.1 Å². The Kier molecular flexibility index (Phi) is 15.3. The number of benzene rings is 3. The number of ether oxygens (including phenoxy) is 2. The maximum absolute atomic E-state index is 14.3. The Morgan fingerprint density at radius 1 is 0.839 bits per heavy atom. The first kappa shape index (κ1) is 43.2. The van der Waals surface area contributed by atoms with E-state index in [1.807, 2.05) is 66.9 Å². The van der Waals surface area contributed by atoms with Crippen molar-refractivity contribution in [1.29, 1.82) is 0 Å². The zero-order valence-electron chi connectivity index (χ0n) is 32.8. The van der Waals surface area contributed by atoms with Crippen LogP contribution < -0.4 is 16.0 Å². The number of halogens is 1. The zero-order chi connectivity index (χ0) is 41.0. The first-order chi connectivity index (χ1) is 26.6. The molecule has 1 heterocycles. The summed E-state index contributed by atoms with van der Waals surface area (Å²) in [5.74, 6) is -2.28. The van der Waals surface area contributed by atoms with Crippen LogP contribution in [0.5, 0.6) is 0 Å². The second-order valence-electron chi connectivity index (χ2n) is 14.9. The van der Waals surface area contributed by atoms with Gasteiger partial charge in [-0.2, -0.15) is 0 Å². The van der Waals surface area contributed by atoms with Crippen LogP contribution in [0.25, 0.3) is 22.4 Å². The monoisotopic (exact) mass is 772 g/mol. The SMILES string of the molecule is COC(=O)C(CCNC(=O)OC(C)(C)C)NC(=O)C[C@H](O)C[C@H](O)CCn1c(-c2ccc(F)cc2)c(-c2ccccc2)c(C(=O)Nc2ccccc2)c1C(C)C. The Hall–Kier alpha value is -5.53. The van der Waals surface area contributed by atoms with E-state index in [4.69, 9.17) is 9.47 Å². The Balaban J connectivity index is 1.56. The lowest BCUT2D eigenvalue weighted by molar-refractivity contribution is -0.145. The van der Waals surface area contributed by atoms with Gasteiger partial charge in [-0.25, -0.2) is 14.0 Å². The molecule has 0 fully saturated rings. The van der Waals surface area contributed by atoms with Crippen LogP contribution in [0.3, 0.4) is 0 Å². The van der Waals surface area contributed by atoms with Gasteiger partial charge in [0.1, 0.15) is 17.5 Å². The maximum atomic E-state index is 14.3. The van der Waals surface area contributed by atoms with Crippen LogP contribution in [0.2, 0.25) is 0 Å². The smallest absolute Gasteiger partial charge is 0.407 e. The number of alkyl carbamates (subject to hydrolysis) is 1. The molecule has 0 aliphatic carbocycles. The van der Waals surface area contributed by atoms with E-state index in [0.717, 1.165) is 5.56 Å². The lowest BCUT2D eigenvalue weighted by Crippen LogP contribution is -2.45. The molecule has 300 valence electrons. The number of aromatic nitrogens is 1. The molecule has 0 bridgehead atoms. The fourth-order valence-corrected chi connectivity index (χ4v) is 6.49. The molecule has 0 spiro atoms. The molecular weight excluding hydrogens is 719 g/mol. The van der Waals surface area contributed by atoms with Gasteiger partial charge in [-0.05, 0) is 93.5 Å². The van der Waals surface area contributed by atoms with E-state index in [0.29, 0.717) is 33.8 Å². The van der Waals surface area contributed by atoms with Crippen molar-refractivity contribution in [3.05, 3.63) is 102 Å². The predicted molar refractivity (Wildman–Crippen MR) is 212 cm³/mol. The molecule has 1 unspecified atom stereocenters. The van der Waals surface area contributed by atoms with E-state index in [1.54, 1.807) is 45.0 Å². The first-order valence-corrected chi connectivity index (χ1v) is 18.7. The normalized spacial score (nSPS) is 13.0. The summed E-state index contributed by atoms with van der Waals surface area (Å²) >= 11 is 0. The molecule has 0 saturated heterocycles. The summed E-state index contributed by atoms with van der Waals surface area (Å²) in [5, 5.41) is 30.2. The molecule has 4 aromatic rings. The summed E-state index contributed by atoms with van der Waals surface area (Å²) in [6.45, 7) is 9.32. The third-order valence-corrected chi connectivity index (χ3v) is 8.86. The van der Waals surface area contributed by atoms with Crippen molar-refractivity contribution >= 4 is 29.6 Å². The fraction of sp³-hybridized carbons (Fsp3) is 0.395. The molecule has 5 N–H and O–H groups in total. The zero-order valence-corrected chi connectivity index (χ0v) is 32.8. The van der Waals surface area contributed by atoms with Gasteiger partial charge in [0.05, 0.1) is 37.0 Å². The lowest BCUT2D eigenvalue weighted by atomic mass is 9.94. The highest BCUT2D eigenvalue weighted by atomic mass is 19.1. The van der Waals surface area contributed by atoms with Crippen molar-refractivity contribution < 1.29 is 43.3 Å². The molecule has 0 radical (unpaired) electrons. The lowest BCUT2D eigenvalue weighted by Gasteiger charge is -2.22. The number of rotatable bonds is 17.